The molecule has 33 heavy (non-hydrogen) atoms. The number of methoxy groups -OCH3 is 1. The van der Waals surface area contributed by atoms with E-state index in [1.165, 1.54) is 25.3 Å². The van der Waals surface area contributed by atoms with Gasteiger partial charge in [0.25, 0.3) is 17.5 Å². The number of phenols is 1. The lowest BCUT2D eigenvalue weighted by molar-refractivity contribution is -0.385. The van der Waals surface area contributed by atoms with E-state index in [-0.39, 0.29) is 34.2 Å². The monoisotopic (exact) mass is 468 g/mol. The van der Waals surface area contributed by atoms with Crippen LogP contribution >= 0.6 is 11.6 Å². The summed E-state index contributed by atoms with van der Waals surface area (Å²) in [6.45, 7) is 0. The van der Waals surface area contributed by atoms with Crippen LogP contribution < -0.4 is 15.5 Å². The number of carbonyl (C=O) groups is 2. The molecular formula is C22H17ClN4O6. The minimum atomic E-state index is -0.648. The molecule has 0 heterocycles. The van der Waals surface area contributed by atoms with Crippen molar-refractivity contribution < 1.29 is 24.4 Å². The van der Waals surface area contributed by atoms with Gasteiger partial charge in [-0.1, -0.05) is 17.7 Å². The average molecular weight is 469 g/mol. The summed E-state index contributed by atoms with van der Waals surface area (Å²) in [6.07, 6.45) is 1.06. The van der Waals surface area contributed by atoms with E-state index in [9.17, 15) is 24.8 Å². The topological polar surface area (TPSA) is 143 Å². The minimum absolute atomic E-state index is 0.0135. The number of ether oxygens (including phenoxy) is 1. The summed E-state index contributed by atoms with van der Waals surface area (Å²) in [5.74, 6) is -1.39. The summed E-state index contributed by atoms with van der Waals surface area (Å²) in [6, 6.07) is 14.7. The van der Waals surface area contributed by atoms with Crippen LogP contribution in [0.5, 0.6) is 11.5 Å². The van der Waals surface area contributed by atoms with Crippen LogP contribution in [0.25, 0.3) is 0 Å². The number of nitrogens with zero attached hydrogens (tertiary/aromatic N) is 2. The molecule has 168 valence electrons. The normalized spacial score (nSPS) is 10.6. The zero-order valence-electron chi connectivity index (χ0n) is 17.1. The third kappa shape index (κ3) is 5.83. The maximum absolute atomic E-state index is 12.3. The van der Waals surface area contributed by atoms with Gasteiger partial charge < -0.3 is 15.2 Å². The Morgan fingerprint density at radius 2 is 1.82 bits per heavy atom. The Labute approximate surface area is 192 Å². The molecule has 2 amide bonds. The summed E-state index contributed by atoms with van der Waals surface area (Å²) in [5.41, 5.74) is 3.03. The molecule has 3 rings (SSSR count). The predicted molar refractivity (Wildman–Crippen MR) is 122 cm³/mol. The van der Waals surface area contributed by atoms with Crippen molar-refractivity contribution in [1.82, 2.24) is 5.43 Å². The van der Waals surface area contributed by atoms with Crippen molar-refractivity contribution >= 4 is 41.0 Å². The van der Waals surface area contributed by atoms with Crippen LogP contribution in [0.1, 0.15) is 26.3 Å². The van der Waals surface area contributed by atoms with Gasteiger partial charge in [-0.25, -0.2) is 5.43 Å². The van der Waals surface area contributed by atoms with Crippen molar-refractivity contribution in [2.75, 3.05) is 12.4 Å². The number of hydrogen-bond donors (Lipinski definition) is 3. The first kappa shape index (κ1) is 23.2. The quantitative estimate of drug-likeness (QED) is 0.272. The fourth-order valence-electron chi connectivity index (χ4n) is 2.74. The zero-order valence-corrected chi connectivity index (χ0v) is 17.9. The van der Waals surface area contributed by atoms with E-state index in [0.717, 1.165) is 18.3 Å². The number of amides is 2. The lowest BCUT2D eigenvalue weighted by Crippen LogP contribution is -2.18. The second kappa shape index (κ2) is 10.2. The number of benzene rings is 3. The molecule has 0 unspecified atom stereocenters. The molecule has 0 saturated heterocycles. The molecular weight excluding hydrogens is 452 g/mol. The molecule has 3 aromatic carbocycles. The fourth-order valence-corrected chi connectivity index (χ4v) is 2.93. The molecule has 10 nitrogen and oxygen atoms in total. The van der Waals surface area contributed by atoms with Gasteiger partial charge in [0.15, 0.2) is 11.5 Å². The first-order valence-corrected chi connectivity index (χ1v) is 9.72. The smallest absolute Gasteiger partial charge is 0.274 e. The van der Waals surface area contributed by atoms with Gasteiger partial charge in [0, 0.05) is 33.5 Å². The molecule has 0 bridgehead atoms. The second-order valence-electron chi connectivity index (χ2n) is 6.58. The Kier molecular flexibility index (Phi) is 7.21. The van der Waals surface area contributed by atoms with E-state index in [1.807, 2.05) is 0 Å². The second-order valence-corrected chi connectivity index (χ2v) is 7.02. The summed E-state index contributed by atoms with van der Waals surface area (Å²) in [5, 5.41) is 28.0. The van der Waals surface area contributed by atoms with Crippen molar-refractivity contribution in [3.63, 3.8) is 0 Å². The molecule has 0 fully saturated rings. The van der Waals surface area contributed by atoms with E-state index >= 15 is 0 Å². The van der Waals surface area contributed by atoms with E-state index in [0.29, 0.717) is 16.3 Å². The van der Waals surface area contributed by atoms with Crippen LogP contribution in [-0.4, -0.2) is 35.2 Å². The molecule has 3 N–H and O–H groups in total. The number of nitro groups is 1. The Hall–Kier alpha value is -4.44. The van der Waals surface area contributed by atoms with Gasteiger partial charge in [-0.05, 0) is 42.5 Å². The highest BCUT2D eigenvalue weighted by atomic mass is 35.5. The number of hydrazone groups is 1. The molecule has 0 atom stereocenters. The highest BCUT2D eigenvalue weighted by Gasteiger charge is 2.16. The maximum atomic E-state index is 12.3. The third-order valence-electron chi connectivity index (χ3n) is 4.38. The van der Waals surface area contributed by atoms with E-state index in [4.69, 9.17) is 16.3 Å². The SMILES string of the molecule is COc1cc([N+](=O)[O-])cc(/C=N/NC(=O)c2ccc(NC(=O)c3cccc(Cl)c3)cc2)c1O. The largest absolute Gasteiger partial charge is 0.504 e. The first-order chi connectivity index (χ1) is 15.8. The predicted octanol–water partition coefficient (Wildman–Crippen LogP) is 3.98. The number of halogens is 1. The number of carbonyl (C=O) groups excluding carboxylic acids is 2. The van der Waals surface area contributed by atoms with Crippen LogP contribution in [0.3, 0.4) is 0 Å². The molecule has 0 aliphatic carbocycles. The van der Waals surface area contributed by atoms with Gasteiger partial charge in [-0.3, -0.25) is 19.7 Å². The number of phenolic OH excluding ortho intramolecular Hbond substituents is 1. The van der Waals surface area contributed by atoms with Crippen molar-refractivity contribution in [1.29, 1.82) is 0 Å². The van der Waals surface area contributed by atoms with Gasteiger partial charge in [0.05, 0.1) is 24.3 Å². The number of rotatable bonds is 7. The van der Waals surface area contributed by atoms with Gasteiger partial charge in [-0.2, -0.15) is 5.10 Å². The van der Waals surface area contributed by atoms with Crippen molar-refractivity contribution in [3.8, 4) is 11.5 Å². The summed E-state index contributed by atoms with van der Waals surface area (Å²) in [4.78, 5) is 34.9. The summed E-state index contributed by atoms with van der Waals surface area (Å²) < 4.78 is 4.91. The van der Waals surface area contributed by atoms with Crippen LogP contribution in [-0.2, 0) is 0 Å². The van der Waals surface area contributed by atoms with Crippen molar-refractivity contribution in [3.05, 3.63) is 92.5 Å². The van der Waals surface area contributed by atoms with Crippen LogP contribution in [0, 0.1) is 10.1 Å². The number of non-ortho nitro benzene ring substituents is 1. The molecule has 0 radical (unpaired) electrons. The van der Waals surface area contributed by atoms with Crippen molar-refractivity contribution in [2.24, 2.45) is 5.10 Å². The molecule has 0 spiro atoms. The number of hydrogen-bond acceptors (Lipinski definition) is 7. The maximum Gasteiger partial charge on any atom is 0.274 e. The van der Waals surface area contributed by atoms with Crippen LogP contribution in [0.15, 0.2) is 65.8 Å². The molecule has 0 saturated carbocycles. The molecule has 0 aliphatic rings. The fraction of sp³-hybridized carbons (Fsp3) is 0.0455. The number of nitro benzene ring substituents is 1. The Morgan fingerprint density at radius 1 is 1.09 bits per heavy atom. The number of anilines is 1. The van der Waals surface area contributed by atoms with Crippen molar-refractivity contribution in [2.45, 2.75) is 0 Å². The highest BCUT2D eigenvalue weighted by molar-refractivity contribution is 6.31. The van der Waals surface area contributed by atoms with Gasteiger partial charge in [-0.15, -0.1) is 0 Å². The zero-order chi connectivity index (χ0) is 24.0. The lowest BCUT2D eigenvalue weighted by Gasteiger charge is -2.07. The van der Waals surface area contributed by atoms with Gasteiger partial charge >= 0.3 is 0 Å². The Balaban J connectivity index is 1.65. The number of nitrogens with one attached hydrogen (secondary N) is 2. The first-order valence-electron chi connectivity index (χ1n) is 9.34. The van der Waals surface area contributed by atoms with E-state index < -0.39 is 10.8 Å². The van der Waals surface area contributed by atoms with E-state index in [1.54, 1.807) is 30.3 Å². The Bertz CT molecular complexity index is 1240. The third-order valence-corrected chi connectivity index (χ3v) is 4.62. The molecule has 11 heteroatoms. The molecule has 0 aliphatic heterocycles. The Morgan fingerprint density at radius 3 is 2.45 bits per heavy atom. The molecule has 0 aromatic heterocycles. The summed E-state index contributed by atoms with van der Waals surface area (Å²) >= 11 is 5.89. The minimum Gasteiger partial charge on any atom is -0.504 e. The van der Waals surface area contributed by atoms with E-state index in [2.05, 4.69) is 15.8 Å². The summed E-state index contributed by atoms with van der Waals surface area (Å²) in [7, 11) is 1.25. The van der Waals surface area contributed by atoms with Gasteiger partial charge in [0.1, 0.15) is 0 Å². The van der Waals surface area contributed by atoms with Crippen LogP contribution in [0.4, 0.5) is 11.4 Å². The lowest BCUT2D eigenvalue weighted by atomic mass is 10.1. The highest BCUT2D eigenvalue weighted by Crippen LogP contribution is 2.33. The standard InChI is InChI=1S/C22H17ClN4O6/c1-33-19-11-18(27(31)32)10-15(20(19)28)12-24-26-22(30)13-5-7-17(8-6-13)25-21(29)14-3-2-4-16(23)9-14/h2-12,28H,1H3,(H,25,29)(H,26,30)/b24-12+. The van der Waals surface area contributed by atoms with Crippen LogP contribution in [0.2, 0.25) is 5.02 Å². The van der Waals surface area contributed by atoms with Gasteiger partial charge in [0.2, 0.25) is 0 Å². The average Bonchev–Trinajstić information content (AvgIpc) is 2.80. The molecule has 3 aromatic rings. The number of aromatic hydroxyl groups is 1.